The van der Waals surface area contributed by atoms with Crippen LogP contribution in [0.5, 0.6) is 0 Å². The lowest BCUT2D eigenvalue weighted by Crippen LogP contribution is -2.18. The summed E-state index contributed by atoms with van der Waals surface area (Å²) in [6.07, 6.45) is 3.69. The van der Waals surface area contributed by atoms with Crippen molar-refractivity contribution >= 4 is 11.6 Å². The van der Waals surface area contributed by atoms with E-state index in [4.69, 9.17) is 16.3 Å². The Hall–Kier alpha value is -1.43. The van der Waals surface area contributed by atoms with E-state index in [9.17, 15) is 4.39 Å². The number of nitrogens with one attached hydrogen (secondary N) is 1. The van der Waals surface area contributed by atoms with Gasteiger partial charge in [-0.1, -0.05) is 17.7 Å². The van der Waals surface area contributed by atoms with Gasteiger partial charge in [0.25, 0.3) is 0 Å². The maximum Gasteiger partial charge on any atom is 0.124 e. The lowest BCUT2D eigenvalue weighted by molar-refractivity contribution is 0.199. The highest BCUT2D eigenvalue weighted by Gasteiger charge is 2.04. The lowest BCUT2D eigenvalue weighted by atomic mass is 10.2. The number of nitrogens with zero attached hydrogens (tertiary/aromatic N) is 2. The first-order valence-corrected chi connectivity index (χ1v) is 6.71. The van der Waals surface area contributed by atoms with E-state index in [0.29, 0.717) is 24.7 Å². The molecular weight excluding hydrogens is 281 g/mol. The highest BCUT2D eigenvalue weighted by atomic mass is 35.5. The van der Waals surface area contributed by atoms with E-state index in [-0.39, 0.29) is 5.82 Å². The summed E-state index contributed by atoms with van der Waals surface area (Å²) in [6, 6.07) is 4.42. The van der Waals surface area contributed by atoms with Gasteiger partial charge in [0.2, 0.25) is 0 Å². The SMILES string of the molecule is COCCNCc1cn(Cc2ccc(F)cc2Cl)cn1. The fraction of sp³-hybridized carbons (Fsp3) is 0.357. The van der Waals surface area contributed by atoms with Gasteiger partial charge in [-0.15, -0.1) is 0 Å². The molecule has 108 valence electrons. The van der Waals surface area contributed by atoms with Gasteiger partial charge >= 0.3 is 0 Å². The standard InChI is InChI=1S/C14H17ClFN3O/c1-20-5-4-17-7-13-9-19(10-18-13)8-11-2-3-12(16)6-14(11)15/h2-3,6,9-10,17H,4-5,7-8H2,1H3. The molecule has 0 saturated heterocycles. The molecule has 6 heteroatoms. The zero-order chi connectivity index (χ0) is 14.4. The summed E-state index contributed by atoms with van der Waals surface area (Å²) in [5.41, 5.74) is 1.81. The van der Waals surface area contributed by atoms with Crippen LogP contribution in [-0.4, -0.2) is 29.8 Å². The number of benzene rings is 1. The van der Waals surface area contributed by atoms with E-state index < -0.39 is 0 Å². The lowest BCUT2D eigenvalue weighted by Gasteiger charge is -2.05. The number of aromatic nitrogens is 2. The fourth-order valence-electron chi connectivity index (χ4n) is 1.82. The van der Waals surface area contributed by atoms with Crippen molar-refractivity contribution in [2.24, 2.45) is 0 Å². The first kappa shape index (κ1) is 15.0. The van der Waals surface area contributed by atoms with E-state index in [2.05, 4.69) is 10.3 Å². The highest BCUT2D eigenvalue weighted by Crippen LogP contribution is 2.18. The largest absolute Gasteiger partial charge is 0.383 e. The fourth-order valence-corrected chi connectivity index (χ4v) is 2.05. The quantitative estimate of drug-likeness (QED) is 0.798. The first-order chi connectivity index (χ1) is 9.69. The summed E-state index contributed by atoms with van der Waals surface area (Å²) >= 11 is 6.00. The summed E-state index contributed by atoms with van der Waals surface area (Å²) in [7, 11) is 1.67. The van der Waals surface area contributed by atoms with Crippen molar-refractivity contribution in [3.63, 3.8) is 0 Å². The molecule has 1 heterocycles. The molecule has 0 saturated carbocycles. The van der Waals surface area contributed by atoms with E-state index in [1.165, 1.54) is 12.1 Å². The van der Waals surface area contributed by atoms with Gasteiger partial charge in [0.1, 0.15) is 5.82 Å². The Bertz CT molecular complexity index is 559. The number of methoxy groups -OCH3 is 1. The molecule has 1 aromatic heterocycles. The molecule has 0 aliphatic rings. The van der Waals surface area contributed by atoms with Crippen molar-refractivity contribution in [2.45, 2.75) is 13.1 Å². The van der Waals surface area contributed by atoms with Gasteiger partial charge in [-0.05, 0) is 17.7 Å². The third-order valence-electron chi connectivity index (χ3n) is 2.84. The minimum atomic E-state index is -0.326. The van der Waals surface area contributed by atoms with Crippen LogP contribution in [0.15, 0.2) is 30.7 Å². The third kappa shape index (κ3) is 4.30. The van der Waals surface area contributed by atoms with Crippen molar-refractivity contribution in [1.29, 1.82) is 0 Å². The van der Waals surface area contributed by atoms with Crippen molar-refractivity contribution in [3.8, 4) is 0 Å². The number of ether oxygens (including phenoxy) is 1. The van der Waals surface area contributed by atoms with Gasteiger partial charge < -0.3 is 14.6 Å². The molecule has 0 atom stereocenters. The molecule has 1 N–H and O–H groups in total. The molecule has 2 aromatic rings. The number of imidazole rings is 1. The maximum absolute atomic E-state index is 13.0. The van der Waals surface area contributed by atoms with Crippen LogP contribution in [0.25, 0.3) is 0 Å². The van der Waals surface area contributed by atoms with Crippen molar-refractivity contribution in [2.75, 3.05) is 20.3 Å². The molecule has 0 spiro atoms. The van der Waals surface area contributed by atoms with Crippen molar-refractivity contribution in [3.05, 3.63) is 52.8 Å². The van der Waals surface area contributed by atoms with Crippen LogP contribution in [0, 0.1) is 5.82 Å². The predicted molar refractivity (Wildman–Crippen MR) is 76.3 cm³/mol. The Morgan fingerprint density at radius 2 is 2.30 bits per heavy atom. The van der Waals surface area contributed by atoms with Crippen LogP contribution in [0.4, 0.5) is 4.39 Å². The third-order valence-corrected chi connectivity index (χ3v) is 3.20. The Balaban J connectivity index is 1.92. The van der Waals surface area contributed by atoms with Gasteiger partial charge in [0.15, 0.2) is 0 Å². The van der Waals surface area contributed by atoms with Crippen molar-refractivity contribution < 1.29 is 9.13 Å². The summed E-state index contributed by atoms with van der Waals surface area (Å²) in [6.45, 7) is 2.72. The topological polar surface area (TPSA) is 39.1 Å². The Morgan fingerprint density at radius 1 is 1.45 bits per heavy atom. The molecule has 0 aliphatic heterocycles. The van der Waals surface area contributed by atoms with Gasteiger partial charge in [0.05, 0.1) is 18.6 Å². The number of hydrogen-bond donors (Lipinski definition) is 1. The molecule has 4 nitrogen and oxygen atoms in total. The molecule has 1 aromatic carbocycles. The second-order valence-electron chi connectivity index (χ2n) is 4.44. The second-order valence-corrected chi connectivity index (χ2v) is 4.85. The zero-order valence-corrected chi connectivity index (χ0v) is 12.0. The smallest absolute Gasteiger partial charge is 0.124 e. The van der Waals surface area contributed by atoms with Gasteiger partial charge in [0, 0.05) is 38.0 Å². The Morgan fingerprint density at radius 3 is 3.05 bits per heavy atom. The summed E-state index contributed by atoms with van der Waals surface area (Å²) in [4.78, 5) is 4.30. The maximum atomic E-state index is 13.0. The molecule has 0 aliphatic carbocycles. The van der Waals surface area contributed by atoms with E-state index in [0.717, 1.165) is 17.8 Å². The summed E-state index contributed by atoms with van der Waals surface area (Å²) in [5, 5.41) is 3.65. The molecule has 0 unspecified atom stereocenters. The summed E-state index contributed by atoms with van der Waals surface area (Å²) in [5.74, 6) is -0.326. The van der Waals surface area contributed by atoms with Gasteiger partial charge in [-0.3, -0.25) is 0 Å². The van der Waals surface area contributed by atoms with Crippen LogP contribution in [-0.2, 0) is 17.8 Å². The average molecular weight is 298 g/mol. The van der Waals surface area contributed by atoms with E-state index in [1.54, 1.807) is 19.5 Å². The predicted octanol–water partition coefficient (Wildman–Crippen LogP) is 2.46. The number of rotatable bonds is 7. The average Bonchev–Trinajstić information content (AvgIpc) is 2.86. The normalized spacial score (nSPS) is 10.9. The molecule has 20 heavy (non-hydrogen) atoms. The molecule has 0 fully saturated rings. The zero-order valence-electron chi connectivity index (χ0n) is 11.3. The van der Waals surface area contributed by atoms with Gasteiger partial charge in [-0.25, -0.2) is 9.37 Å². The van der Waals surface area contributed by atoms with E-state index >= 15 is 0 Å². The Labute approximate surface area is 122 Å². The monoisotopic (exact) mass is 297 g/mol. The molecular formula is C14H17ClFN3O. The van der Waals surface area contributed by atoms with Crippen molar-refractivity contribution in [1.82, 2.24) is 14.9 Å². The van der Waals surface area contributed by atoms with E-state index in [1.807, 2.05) is 10.8 Å². The molecule has 0 radical (unpaired) electrons. The van der Waals surface area contributed by atoms with Crippen LogP contribution >= 0.6 is 11.6 Å². The van der Waals surface area contributed by atoms with Crippen LogP contribution in [0.3, 0.4) is 0 Å². The van der Waals surface area contributed by atoms with Gasteiger partial charge in [-0.2, -0.15) is 0 Å². The second kappa shape index (κ2) is 7.38. The minimum absolute atomic E-state index is 0.326. The number of hydrogen-bond acceptors (Lipinski definition) is 3. The Kier molecular flexibility index (Phi) is 5.52. The first-order valence-electron chi connectivity index (χ1n) is 6.33. The molecule has 0 amide bonds. The minimum Gasteiger partial charge on any atom is -0.383 e. The summed E-state index contributed by atoms with van der Waals surface area (Å²) < 4.78 is 19.8. The van der Waals surface area contributed by atoms with Crippen LogP contribution in [0.1, 0.15) is 11.3 Å². The van der Waals surface area contributed by atoms with Crippen LogP contribution < -0.4 is 5.32 Å². The van der Waals surface area contributed by atoms with Crippen LogP contribution in [0.2, 0.25) is 5.02 Å². The molecule has 2 rings (SSSR count). The number of halogens is 2. The highest BCUT2D eigenvalue weighted by molar-refractivity contribution is 6.31. The molecule has 0 bridgehead atoms.